The molecule has 0 saturated carbocycles. The van der Waals surface area contributed by atoms with E-state index in [2.05, 4.69) is 10.2 Å². The van der Waals surface area contributed by atoms with Gasteiger partial charge in [0.25, 0.3) is 5.91 Å². The topological polar surface area (TPSA) is 69.7 Å². The van der Waals surface area contributed by atoms with E-state index in [1.165, 1.54) is 35.0 Å². The molecule has 0 spiro atoms. The maximum Gasteiger partial charge on any atom is 0.255 e. The third kappa shape index (κ3) is 4.96. The first-order chi connectivity index (χ1) is 14.4. The van der Waals surface area contributed by atoms with Crippen molar-refractivity contribution in [3.05, 3.63) is 53.1 Å². The smallest absolute Gasteiger partial charge is 0.255 e. The number of benzene rings is 2. The molecule has 162 valence electrons. The van der Waals surface area contributed by atoms with Crippen molar-refractivity contribution in [2.45, 2.75) is 38.0 Å². The number of rotatable bonds is 7. The molecule has 1 amide bonds. The molecule has 1 saturated heterocycles. The number of piperidine rings is 1. The van der Waals surface area contributed by atoms with Crippen LogP contribution in [0.15, 0.2) is 47.4 Å². The summed E-state index contributed by atoms with van der Waals surface area (Å²) in [5.74, 6) is -0.316. The number of nitrogens with one attached hydrogen (secondary N) is 1. The van der Waals surface area contributed by atoms with E-state index < -0.39 is 10.0 Å². The lowest BCUT2D eigenvalue weighted by Crippen LogP contribution is -2.30. The van der Waals surface area contributed by atoms with Crippen LogP contribution in [0.5, 0.6) is 0 Å². The fraction of sp³-hybridized carbons (Fsp3) is 0.409. The van der Waals surface area contributed by atoms with Gasteiger partial charge in [0.05, 0.1) is 15.6 Å². The number of nitrogens with zero attached hydrogens (tertiary/aromatic N) is 2. The molecule has 2 aromatic carbocycles. The zero-order valence-corrected chi connectivity index (χ0v) is 19.0. The van der Waals surface area contributed by atoms with E-state index in [4.69, 9.17) is 11.6 Å². The van der Waals surface area contributed by atoms with Crippen LogP contribution in [0.2, 0.25) is 5.02 Å². The number of hydrogen-bond donors (Lipinski definition) is 1. The van der Waals surface area contributed by atoms with Gasteiger partial charge in [-0.05, 0) is 61.7 Å². The molecule has 0 aromatic heterocycles. The Kier molecular flexibility index (Phi) is 7.39. The largest absolute Gasteiger partial charge is 0.370 e. The second-order valence-corrected chi connectivity index (χ2v) is 9.63. The van der Waals surface area contributed by atoms with Gasteiger partial charge in [-0.25, -0.2) is 8.42 Å². The first-order valence-corrected chi connectivity index (χ1v) is 12.1. The van der Waals surface area contributed by atoms with Crippen molar-refractivity contribution >= 4 is 38.9 Å². The highest BCUT2D eigenvalue weighted by Crippen LogP contribution is 2.31. The highest BCUT2D eigenvalue weighted by Gasteiger charge is 2.22. The predicted molar refractivity (Wildman–Crippen MR) is 122 cm³/mol. The van der Waals surface area contributed by atoms with Crippen molar-refractivity contribution < 1.29 is 13.2 Å². The van der Waals surface area contributed by atoms with Gasteiger partial charge in [-0.1, -0.05) is 25.4 Å². The fourth-order valence-corrected chi connectivity index (χ4v) is 5.43. The molecule has 1 aliphatic heterocycles. The lowest BCUT2D eigenvalue weighted by Gasteiger charge is -2.29. The minimum absolute atomic E-state index is 0.177. The van der Waals surface area contributed by atoms with E-state index in [0.29, 0.717) is 29.4 Å². The van der Waals surface area contributed by atoms with E-state index in [9.17, 15) is 13.2 Å². The van der Waals surface area contributed by atoms with Crippen molar-refractivity contribution in [1.29, 1.82) is 0 Å². The van der Waals surface area contributed by atoms with Gasteiger partial charge < -0.3 is 10.2 Å². The molecule has 3 rings (SSSR count). The predicted octanol–water partition coefficient (Wildman–Crippen LogP) is 4.61. The van der Waals surface area contributed by atoms with E-state index >= 15 is 0 Å². The maximum atomic E-state index is 12.6. The summed E-state index contributed by atoms with van der Waals surface area (Å²) < 4.78 is 26.5. The highest BCUT2D eigenvalue weighted by molar-refractivity contribution is 7.89. The number of hydrogen-bond acceptors (Lipinski definition) is 4. The molecule has 0 bridgehead atoms. The van der Waals surface area contributed by atoms with Crippen molar-refractivity contribution in [1.82, 2.24) is 4.31 Å². The summed E-state index contributed by atoms with van der Waals surface area (Å²) in [6.07, 6.45) is 3.57. The Balaban J connectivity index is 1.71. The lowest BCUT2D eigenvalue weighted by molar-refractivity contribution is 0.102. The van der Waals surface area contributed by atoms with Gasteiger partial charge in [-0.3, -0.25) is 4.79 Å². The highest BCUT2D eigenvalue weighted by atomic mass is 35.5. The number of carbonyl (C=O) groups excluding carboxylic acids is 1. The summed E-state index contributed by atoms with van der Waals surface area (Å²) in [7, 11) is -3.54. The second kappa shape index (κ2) is 9.81. The first kappa shape index (κ1) is 22.6. The second-order valence-electron chi connectivity index (χ2n) is 7.28. The first-order valence-electron chi connectivity index (χ1n) is 10.3. The Morgan fingerprint density at radius 3 is 2.23 bits per heavy atom. The van der Waals surface area contributed by atoms with Gasteiger partial charge in [0, 0.05) is 37.4 Å². The van der Waals surface area contributed by atoms with Gasteiger partial charge in [-0.2, -0.15) is 4.31 Å². The minimum Gasteiger partial charge on any atom is -0.370 e. The summed E-state index contributed by atoms with van der Waals surface area (Å²) in [5, 5.41) is 3.44. The number of sulfonamides is 1. The summed E-state index contributed by atoms with van der Waals surface area (Å²) in [6.45, 7) is 6.38. The minimum atomic E-state index is -3.54. The van der Waals surface area contributed by atoms with Crippen LogP contribution in [0.4, 0.5) is 11.4 Å². The molecule has 0 unspecified atom stereocenters. The summed E-state index contributed by atoms with van der Waals surface area (Å²) in [6, 6.07) is 11.5. The van der Waals surface area contributed by atoms with Crippen LogP contribution < -0.4 is 10.2 Å². The van der Waals surface area contributed by atoms with Crippen LogP contribution in [0, 0.1) is 0 Å². The van der Waals surface area contributed by atoms with Gasteiger partial charge in [-0.15, -0.1) is 0 Å². The Morgan fingerprint density at radius 1 is 1.03 bits per heavy atom. The summed E-state index contributed by atoms with van der Waals surface area (Å²) in [5.41, 5.74) is 1.97. The third-order valence-corrected chi connectivity index (χ3v) is 7.73. The van der Waals surface area contributed by atoms with E-state index in [0.717, 1.165) is 31.6 Å². The SMILES string of the molecule is CCN(CC)S(=O)(=O)c1ccc(C(=O)Nc2ccc(N3CCCCC3)c(Cl)c2)cc1. The standard InChI is InChI=1S/C22H28ClN3O3S/c1-3-26(4-2)30(28,29)19-11-8-17(9-12-19)22(27)24-18-10-13-21(20(23)16-18)25-14-6-5-7-15-25/h8-13,16H,3-7,14-15H2,1-2H3,(H,24,27). The van der Waals surface area contributed by atoms with E-state index in [-0.39, 0.29) is 10.8 Å². The Morgan fingerprint density at radius 2 is 1.67 bits per heavy atom. The lowest BCUT2D eigenvalue weighted by atomic mass is 10.1. The Labute approximate surface area is 183 Å². The summed E-state index contributed by atoms with van der Waals surface area (Å²) >= 11 is 6.46. The Bertz CT molecular complexity index is 983. The van der Waals surface area contributed by atoms with Crippen LogP contribution in [0.3, 0.4) is 0 Å². The molecule has 1 heterocycles. The van der Waals surface area contributed by atoms with Crippen molar-refractivity contribution in [3.63, 3.8) is 0 Å². The zero-order valence-electron chi connectivity index (χ0n) is 17.4. The quantitative estimate of drug-likeness (QED) is 0.669. The van der Waals surface area contributed by atoms with Gasteiger partial charge in [0.15, 0.2) is 0 Å². The zero-order chi connectivity index (χ0) is 21.7. The van der Waals surface area contributed by atoms with Crippen LogP contribution in [-0.2, 0) is 10.0 Å². The van der Waals surface area contributed by atoms with Crippen molar-refractivity contribution in [2.75, 3.05) is 36.4 Å². The molecular weight excluding hydrogens is 422 g/mol. The molecule has 2 aromatic rings. The number of halogens is 1. The monoisotopic (exact) mass is 449 g/mol. The molecule has 0 radical (unpaired) electrons. The summed E-state index contributed by atoms with van der Waals surface area (Å²) in [4.78, 5) is 15.0. The molecular formula is C22H28ClN3O3S. The molecule has 8 heteroatoms. The number of amides is 1. The molecule has 6 nitrogen and oxygen atoms in total. The fourth-order valence-electron chi connectivity index (χ4n) is 3.67. The van der Waals surface area contributed by atoms with Crippen LogP contribution in [0.25, 0.3) is 0 Å². The molecule has 1 fully saturated rings. The molecule has 1 N–H and O–H groups in total. The number of carbonyl (C=O) groups is 1. The maximum absolute atomic E-state index is 12.6. The van der Waals surface area contributed by atoms with Crippen molar-refractivity contribution in [2.24, 2.45) is 0 Å². The number of anilines is 2. The van der Waals surface area contributed by atoms with Gasteiger partial charge in [0.2, 0.25) is 10.0 Å². The van der Waals surface area contributed by atoms with Crippen molar-refractivity contribution in [3.8, 4) is 0 Å². The third-order valence-electron chi connectivity index (χ3n) is 5.36. The van der Waals surface area contributed by atoms with Crippen LogP contribution in [-0.4, -0.2) is 44.8 Å². The average molecular weight is 450 g/mol. The molecule has 1 aliphatic rings. The van der Waals surface area contributed by atoms with E-state index in [1.54, 1.807) is 19.9 Å². The molecule has 30 heavy (non-hydrogen) atoms. The Hall–Kier alpha value is -2.09. The molecule has 0 aliphatic carbocycles. The normalized spacial score (nSPS) is 14.7. The average Bonchev–Trinajstić information content (AvgIpc) is 2.75. The van der Waals surface area contributed by atoms with Crippen LogP contribution >= 0.6 is 11.6 Å². The van der Waals surface area contributed by atoms with Crippen LogP contribution in [0.1, 0.15) is 43.5 Å². The van der Waals surface area contributed by atoms with Gasteiger partial charge in [0.1, 0.15) is 0 Å². The van der Waals surface area contributed by atoms with E-state index in [1.807, 2.05) is 12.1 Å². The molecule has 0 atom stereocenters. The van der Waals surface area contributed by atoms with Gasteiger partial charge >= 0.3 is 0 Å².